The maximum absolute atomic E-state index is 11.0. The topological polar surface area (TPSA) is 64.4 Å². The molecular formula is C14H18N2O3. The lowest BCUT2D eigenvalue weighted by molar-refractivity contribution is -0.385. The summed E-state index contributed by atoms with van der Waals surface area (Å²) in [6.07, 6.45) is 0.562. The van der Waals surface area contributed by atoms with E-state index in [4.69, 9.17) is 4.74 Å². The monoisotopic (exact) mass is 262 g/mol. The molecule has 5 heteroatoms. The lowest BCUT2D eigenvalue weighted by atomic mass is 10.2. The fourth-order valence-electron chi connectivity index (χ4n) is 1.54. The SMILES string of the molecule is CC#CCCOc1ccc(CNCC)cc1[N+](=O)[O-]. The highest BCUT2D eigenvalue weighted by atomic mass is 16.6. The first-order valence-corrected chi connectivity index (χ1v) is 6.19. The maximum Gasteiger partial charge on any atom is 0.311 e. The molecule has 0 aliphatic heterocycles. The molecule has 1 N–H and O–H groups in total. The van der Waals surface area contributed by atoms with Gasteiger partial charge in [0, 0.05) is 19.0 Å². The predicted octanol–water partition coefficient (Wildman–Crippen LogP) is 2.50. The summed E-state index contributed by atoms with van der Waals surface area (Å²) < 4.78 is 5.40. The molecule has 0 heterocycles. The second kappa shape index (κ2) is 8.11. The average molecular weight is 262 g/mol. The Balaban J connectivity index is 2.78. The van der Waals surface area contributed by atoms with Crippen LogP contribution in [0.2, 0.25) is 0 Å². The van der Waals surface area contributed by atoms with Crippen molar-refractivity contribution < 1.29 is 9.66 Å². The molecule has 0 aliphatic carbocycles. The molecule has 0 unspecified atom stereocenters. The van der Waals surface area contributed by atoms with Gasteiger partial charge in [-0.3, -0.25) is 10.1 Å². The van der Waals surface area contributed by atoms with Crippen molar-refractivity contribution in [2.45, 2.75) is 26.8 Å². The van der Waals surface area contributed by atoms with Gasteiger partial charge < -0.3 is 10.1 Å². The molecule has 0 bridgehead atoms. The van der Waals surface area contributed by atoms with Gasteiger partial charge in [-0.25, -0.2) is 0 Å². The Hall–Kier alpha value is -2.06. The van der Waals surface area contributed by atoms with Crippen molar-refractivity contribution in [2.24, 2.45) is 0 Å². The van der Waals surface area contributed by atoms with Crippen LogP contribution in [0, 0.1) is 22.0 Å². The molecule has 0 atom stereocenters. The smallest absolute Gasteiger partial charge is 0.311 e. The van der Waals surface area contributed by atoms with Crippen molar-refractivity contribution in [3.63, 3.8) is 0 Å². The second-order valence-corrected chi connectivity index (χ2v) is 3.86. The second-order valence-electron chi connectivity index (χ2n) is 3.86. The molecule has 1 aromatic carbocycles. The Morgan fingerprint density at radius 1 is 1.47 bits per heavy atom. The van der Waals surface area contributed by atoms with Crippen LogP contribution in [0.15, 0.2) is 18.2 Å². The van der Waals surface area contributed by atoms with Gasteiger partial charge in [-0.05, 0) is 25.1 Å². The first-order chi connectivity index (χ1) is 9.19. The van der Waals surface area contributed by atoms with E-state index in [1.165, 1.54) is 0 Å². The number of rotatable bonds is 7. The Kier molecular flexibility index (Phi) is 6.41. The molecule has 5 nitrogen and oxygen atoms in total. The molecule has 19 heavy (non-hydrogen) atoms. The fourth-order valence-corrected chi connectivity index (χ4v) is 1.54. The van der Waals surface area contributed by atoms with Gasteiger partial charge in [0.15, 0.2) is 5.75 Å². The normalized spacial score (nSPS) is 9.58. The molecule has 0 spiro atoms. The van der Waals surface area contributed by atoms with Crippen molar-refractivity contribution in [1.82, 2.24) is 5.32 Å². The summed E-state index contributed by atoms with van der Waals surface area (Å²) in [5.41, 5.74) is 0.870. The Bertz CT molecular complexity index is 489. The third-order valence-electron chi connectivity index (χ3n) is 2.46. The molecule has 1 rings (SSSR count). The highest BCUT2D eigenvalue weighted by Crippen LogP contribution is 2.28. The molecule has 102 valence electrons. The van der Waals surface area contributed by atoms with E-state index in [1.54, 1.807) is 19.1 Å². The van der Waals surface area contributed by atoms with E-state index >= 15 is 0 Å². The molecule has 0 amide bonds. The number of nitro groups is 1. The Labute approximate surface area is 113 Å². The van der Waals surface area contributed by atoms with Crippen LogP contribution in [-0.2, 0) is 6.54 Å². The van der Waals surface area contributed by atoms with Crippen LogP contribution in [-0.4, -0.2) is 18.1 Å². The Morgan fingerprint density at radius 2 is 2.26 bits per heavy atom. The van der Waals surface area contributed by atoms with E-state index in [0.717, 1.165) is 12.1 Å². The number of ether oxygens (including phenoxy) is 1. The van der Waals surface area contributed by atoms with E-state index in [9.17, 15) is 10.1 Å². The zero-order valence-corrected chi connectivity index (χ0v) is 11.2. The highest BCUT2D eigenvalue weighted by molar-refractivity contribution is 5.48. The summed E-state index contributed by atoms with van der Waals surface area (Å²) in [4.78, 5) is 10.6. The van der Waals surface area contributed by atoms with Crippen molar-refractivity contribution in [2.75, 3.05) is 13.2 Å². The lowest BCUT2D eigenvalue weighted by Gasteiger charge is -2.07. The summed E-state index contributed by atoms with van der Waals surface area (Å²) in [7, 11) is 0. The number of nitrogens with zero attached hydrogens (tertiary/aromatic N) is 1. The number of hydrogen-bond donors (Lipinski definition) is 1. The fraction of sp³-hybridized carbons (Fsp3) is 0.429. The standard InChI is InChI=1S/C14H18N2O3/c1-3-5-6-9-19-14-8-7-12(11-15-4-2)10-13(14)16(17)18/h7-8,10,15H,4,6,9,11H2,1-2H3. The van der Waals surface area contributed by atoms with Gasteiger partial charge in [-0.15, -0.1) is 11.8 Å². The zero-order valence-electron chi connectivity index (χ0n) is 11.2. The van der Waals surface area contributed by atoms with Crippen molar-refractivity contribution >= 4 is 5.69 Å². The van der Waals surface area contributed by atoms with E-state index in [0.29, 0.717) is 25.3 Å². The van der Waals surface area contributed by atoms with Crippen molar-refractivity contribution in [3.8, 4) is 17.6 Å². The van der Waals surface area contributed by atoms with E-state index < -0.39 is 4.92 Å². The summed E-state index contributed by atoms with van der Waals surface area (Å²) in [6, 6.07) is 5.02. The van der Waals surface area contributed by atoms with E-state index in [1.807, 2.05) is 13.0 Å². The van der Waals surface area contributed by atoms with E-state index in [2.05, 4.69) is 17.2 Å². The summed E-state index contributed by atoms with van der Waals surface area (Å²) in [5.74, 6) is 5.90. The van der Waals surface area contributed by atoms with Crippen LogP contribution in [0.5, 0.6) is 5.75 Å². The van der Waals surface area contributed by atoms with Crippen LogP contribution in [0.3, 0.4) is 0 Å². The minimum Gasteiger partial charge on any atom is -0.486 e. The molecular weight excluding hydrogens is 244 g/mol. The van der Waals surface area contributed by atoms with Crippen LogP contribution in [0.1, 0.15) is 25.8 Å². The Morgan fingerprint density at radius 3 is 2.89 bits per heavy atom. The molecule has 0 aliphatic rings. The number of nitro benzene ring substituents is 1. The van der Waals surface area contributed by atoms with Crippen molar-refractivity contribution in [3.05, 3.63) is 33.9 Å². The van der Waals surface area contributed by atoms with Crippen LogP contribution in [0.25, 0.3) is 0 Å². The largest absolute Gasteiger partial charge is 0.486 e. The highest BCUT2D eigenvalue weighted by Gasteiger charge is 2.15. The summed E-state index contributed by atoms with van der Waals surface area (Å²) in [5, 5.41) is 14.1. The molecule has 1 aromatic rings. The van der Waals surface area contributed by atoms with Gasteiger partial charge in [0.1, 0.15) is 0 Å². The van der Waals surface area contributed by atoms with Crippen molar-refractivity contribution in [1.29, 1.82) is 0 Å². The third-order valence-corrected chi connectivity index (χ3v) is 2.46. The zero-order chi connectivity index (χ0) is 14.1. The van der Waals surface area contributed by atoms with Gasteiger partial charge in [-0.2, -0.15) is 0 Å². The van der Waals surface area contributed by atoms with Gasteiger partial charge in [0.25, 0.3) is 0 Å². The first kappa shape index (κ1) is 15.0. The molecule has 0 radical (unpaired) electrons. The van der Waals surface area contributed by atoms with Gasteiger partial charge in [0.05, 0.1) is 11.5 Å². The summed E-state index contributed by atoms with van der Waals surface area (Å²) >= 11 is 0. The number of hydrogen-bond acceptors (Lipinski definition) is 4. The maximum atomic E-state index is 11.0. The summed E-state index contributed by atoms with van der Waals surface area (Å²) in [6.45, 7) is 5.52. The number of benzene rings is 1. The van der Waals surface area contributed by atoms with Crippen LogP contribution >= 0.6 is 0 Å². The molecule has 0 aromatic heterocycles. The molecule has 0 saturated heterocycles. The third kappa shape index (κ3) is 4.98. The van der Waals surface area contributed by atoms with Gasteiger partial charge >= 0.3 is 5.69 Å². The quantitative estimate of drug-likeness (QED) is 0.355. The minimum absolute atomic E-state index is 0.000129. The predicted molar refractivity (Wildman–Crippen MR) is 74.0 cm³/mol. The molecule has 0 fully saturated rings. The minimum atomic E-state index is -0.420. The van der Waals surface area contributed by atoms with Crippen LogP contribution in [0.4, 0.5) is 5.69 Å². The van der Waals surface area contributed by atoms with E-state index in [-0.39, 0.29) is 5.69 Å². The van der Waals surface area contributed by atoms with Gasteiger partial charge in [-0.1, -0.05) is 13.0 Å². The first-order valence-electron chi connectivity index (χ1n) is 6.19. The molecule has 0 saturated carbocycles. The van der Waals surface area contributed by atoms with Crippen LogP contribution < -0.4 is 10.1 Å². The average Bonchev–Trinajstić information content (AvgIpc) is 2.41. The number of nitrogens with one attached hydrogen (secondary N) is 1. The lowest BCUT2D eigenvalue weighted by Crippen LogP contribution is -2.12. The van der Waals surface area contributed by atoms with Gasteiger partial charge in [0.2, 0.25) is 0 Å².